The summed E-state index contributed by atoms with van der Waals surface area (Å²) in [5.41, 5.74) is 0.518. The van der Waals surface area contributed by atoms with E-state index in [0.717, 1.165) is 0 Å². The Labute approximate surface area is 80.8 Å². The number of hydrogen-bond acceptors (Lipinski definition) is 3. The average molecular weight is 192 g/mol. The van der Waals surface area contributed by atoms with Gasteiger partial charge in [-0.2, -0.15) is 5.10 Å². The molecule has 5 nitrogen and oxygen atoms in total. The maximum atomic E-state index is 11.6. The van der Waals surface area contributed by atoms with Crippen molar-refractivity contribution in [3.8, 4) is 0 Å². The Kier molecular flexibility index (Phi) is 1.87. The van der Waals surface area contributed by atoms with Gasteiger partial charge in [-0.05, 0) is 0 Å². The van der Waals surface area contributed by atoms with Gasteiger partial charge >= 0.3 is 0 Å². The minimum atomic E-state index is -0.119. The van der Waals surface area contributed by atoms with Crippen LogP contribution in [0.5, 0.6) is 0 Å². The average Bonchev–Trinajstić information content (AvgIpc) is 2.48. The molecule has 74 valence electrons. The van der Waals surface area contributed by atoms with Crippen molar-refractivity contribution < 1.29 is 0 Å². The molecule has 0 saturated heterocycles. The van der Waals surface area contributed by atoms with E-state index in [4.69, 9.17) is 0 Å². The molecule has 2 aromatic rings. The standard InChI is InChI=1S/C9H12N4O/c1-5(2)7-11-8-6(9(14)12-7)4-10-13(8)3/h4-5H,1-3H3,(H,11,12,14). The van der Waals surface area contributed by atoms with Crippen molar-refractivity contribution in [3.63, 3.8) is 0 Å². The highest BCUT2D eigenvalue weighted by Crippen LogP contribution is 2.10. The lowest BCUT2D eigenvalue weighted by Crippen LogP contribution is -2.12. The predicted octanol–water partition coefficient (Wildman–Crippen LogP) is 0.780. The second-order valence-corrected chi connectivity index (χ2v) is 3.61. The van der Waals surface area contributed by atoms with E-state index in [1.165, 1.54) is 6.20 Å². The second-order valence-electron chi connectivity index (χ2n) is 3.61. The maximum Gasteiger partial charge on any atom is 0.262 e. The summed E-state index contributed by atoms with van der Waals surface area (Å²) in [6, 6.07) is 0. The molecule has 2 aromatic heterocycles. The lowest BCUT2D eigenvalue weighted by atomic mass is 10.2. The quantitative estimate of drug-likeness (QED) is 0.726. The highest BCUT2D eigenvalue weighted by molar-refractivity contribution is 5.72. The molecule has 14 heavy (non-hydrogen) atoms. The third-order valence-corrected chi connectivity index (χ3v) is 2.17. The van der Waals surface area contributed by atoms with E-state index in [0.29, 0.717) is 16.9 Å². The Bertz CT molecular complexity index is 523. The first-order valence-electron chi connectivity index (χ1n) is 4.51. The molecule has 2 rings (SSSR count). The fourth-order valence-corrected chi connectivity index (χ4v) is 1.32. The van der Waals surface area contributed by atoms with Gasteiger partial charge in [-0.15, -0.1) is 0 Å². The van der Waals surface area contributed by atoms with Crippen LogP contribution in [0.3, 0.4) is 0 Å². The number of H-pyrrole nitrogens is 1. The van der Waals surface area contributed by atoms with Crippen LogP contribution in [0.4, 0.5) is 0 Å². The molecule has 5 heteroatoms. The Morgan fingerprint density at radius 3 is 2.86 bits per heavy atom. The molecule has 0 unspecified atom stereocenters. The summed E-state index contributed by atoms with van der Waals surface area (Å²) in [4.78, 5) is 18.7. The Hall–Kier alpha value is -1.65. The van der Waals surface area contributed by atoms with Crippen molar-refractivity contribution >= 4 is 11.0 Å². The zero-order valence-corrected chi connectivity index (χ0v) is 8.40. The molecule has 0 aliphatic rings. The van der Waals surface area contributed by atoms with E-state index < -0.39 is 0 Å². The summed E-state index contributed by atoms with van der Waals surface area (Å²) in [7, 11) is 1.78. The molecule has 0 aromatic carbocycles. The SMILES string of the molecule is CC(C)c1nc2c(cnn2C)c(=O)[nH]1. The van der Waals surface area contributed by atoms with E-state index >= 15 is 0 Å². The van der Waals surface area contributed by atoms with Crippen LogP contribution in [0, 0.1) is 0 Å². The molecule has 0 aliphatic heterocycles. The van der Waals surface area contributed by atoms with E-state index in [9.17, 15) is 4.79 Å². The Morgan fingerprint density at radius 1 is 1.50 bits per heavy atom. The van der Waals surface area contributed by atoms with Crippen LogP contribution in [0.1, 0.15) is 25.6 Å². The van der Waals surface area contributed by atoms with E-state index in [1.807, 2.05) is 13.8 Å². The topological polar surface area (TPSA) is 63.6 Å². The first-order chi connectivity index (χ1) is 6.59. The molecule has 0 amide bonds. The number of rotatable bonds is 1. The fraction of sp³-hybridized carbons (Fsp3) is 0.444. The highest BCUT2D eigenvalue weighted by atomic mass is 16.1. The van der Waals surface area contributed by atoms with E-state index in [1.54, 1.807) is 11.7 Å². The number of aromatic amines is 1. The zero-order valence-electron chi connectivity index (χ0n) is 8.40. The van der Waals surface area contributed by atoms with Crippen molar-refractivity contribution in [3.05, 3.63) is 22.4 Å². The largest absolute Gasteiger partial charge is 0.310 e. The number of aromatic nitrogens is 4. The minimum absolute atomic E-state index is 0.119. The van der Waals surface area contributed by atoms with Gasteiger partial charge in [0.05, 0.1) is 6.20 Å². The molecule has 0 atom stereocenters. The first kappa shape index (κ1) is 8.93. The number of nitrogens with one attached hydrogen (secondary N) is 1. The van der Waals surface area contributed by atoms with Crippen molar-refractivity contribution in [1.82, 2.24) is 19.7 Å². The van der Waals surface area contributed by atoms with Gasteiger partial charge in [0, 0.05) is 13.0 Å². The molecule has 2 heterocycles. The van der Waals surface area contributed by atoms with Gasteiger partial charge in [-0.3, -0.25) is 9.48 Å². The molecule has 1 N–H and O–H groups in total. The van der Waals surface area contributed by atoms with Crippen LogP contribution >= 0.6 is 0 Å². The highest BCUT2D eigenvalue weighted by Gasteiger charge is 2.09. The number of fused-ring (bicyclic) bond motifs is 1. The van der Waals surface area contributed by atoms with Gasteiger partial charge in [0.1, 0.15) is 11.2 Å². The van der Waals surface area contributed by atoms with Gasteiger partial charge in [-0.25, -0.2) is 4.98 Å². The van der Waals surface area contributed by atoms with Crippen LogP contribution in [0.25, 0.3) is 11.0 Å². The normalized spacial score (nSPS) is 11.4. The third-order valence-electron chi connectivity index (χ3n) is 2.17. The summed E-state index contributed by atoms with van der Waals surface area (Å²) in [6.45, 7) is 3.97. The molecular weight excluding hydrogens is 180 g/mol. The summed E-state index contributed by atoms with van der Waals surface area (Å²) >= 11 is 0. The third kappa shape index (κ3) is 1.21. The van der Waals surface area contributed by atoms with Gasteiger partial charge < -0.3 is 4.98 Å². The van der Waals surface area contributed by atoms with Gasteiger partial charge in [0.25, 0.3) is 5.56 Å². The Balaban J connectivity index is 2.82. The molecular formula is C9H12N4O. The summed E-state index contributed by atoms with van der Waals surface area (Å²) in [5, 5.41) is 4.53. The van der Waals surface area contributed by atoms with Crippen LogP contribution in [0.15, 0.2) is 11.0 Å². The summed E-state index contributed by atoms with van der Waals surface area (Å²) < 4.78 is 1.61. The molecule has 0 fully saturated rings. The molecule has 0 bridgehead atoms. The lowest BCUT2D eigenvalue weighted by Gasteiger charge is -2.03. The van der Waals surface area contributed by atoms with Gasteiger partial charge in [0.15, 0.2) is 5.65 Å². The Morgan fingerprint density at radius 2 is 2.21 bits per heavy atom. The van der Waals surface area contributed by atoms with Crippen molar-refractivity contribution in [1.29, 1.82) is 0 Å². The molecule has 0 radical (unpaired) electrons. The van der Waals surface area contributed by atoms with Crippen LogP contribution in [0.2, 0.25) is 0 Å². The van der Waals surface area contributed by atoms with E-state index in [-0.39, 0.29) is 11.5 Å². The van der Waals surface area contributed by atoms with Crippen molar-refractivity contribution in [2.24, 2.45) is 7.05 Å². The first-order valence-corrected chi connectivity index (χ1v) is 4.51. The lowest BCUT2D eigenvalue weighted by molar-refractivity contribution is 0.748. The molecule has 0 saturated carbocycles. The van der Waals surface area contributed by atoms with Gasteiger partial charge in [0.2, 0.25) is 0 Å². The van der Waals surface area contributed by atoms with Crippen molar-refractivity contribution in [2.45, 2.75) is 19.8 Å². The van der Waals surface area contributed by atoms with Crippen LogP contribution in [-0.4, -0.2) is 19.7 Å². The van der Waals surface area contributed by atoms with Crippen LogP contribution in [-0.2, 0) is 7.05 Å². The number of nitrogens with zero attached hydrogens (tertiary/aromatic N) is 3. The smallest absolute Gasteiger partial charge is 0.262 e. The number of aryl methyl sites for hydroxylation is 1. The molecule has 0 aliphatic carbocycles. The second kappa shape index (κ2) is 2.94. The molecule has 0 spiro atoms. The summed E-state index contributed by atoms with van der Waals surface area (Å²) in [6.07, 6.45) is 1.53. The van der Waals surface area contributed by atoms with Gasteiger partial charge in [-0.1, -0.05) is 13.8 Å². The van der Waals surface area contributed by atoms with Crippen LogP contribution < -0.4 is 5.56 Å². The zero-order chi connectivity index (χ0) is 10.3. The monoisotopic (exact) mass is 192 g/mol. The summed E-state index contributed by atoms with van der Waals surface area (Å²) in [5.74, 6) is 0.910. The maximum absolute atomic E-state index is 11.6. The van der Waals surface area contributed by atoms with Crippen molar-refractivity contribution in [2.75, 3.05) is 0 Å². The fourth-order valence-electron chi connectivity index (χ4n) is 1.32. The van der Waals surface area contributed by atoms with E-state index in [2.05, 4.69) is 15.1 Å². The predicted molar refractivity (Wildman–Crippen MR) is 53.2 cm³/mol. The number of hydrogen-bond donors (Lipinski definition) is 1. The minimum Gasteiger partial charge on any atom is -0.310 e.